The van der Waals surface area contributed by atoms with Crippen molar-refractivity contribution in [2.75, 3.05) is 20.1 Å². The van der Waals surface area contributed by atoms with E-state index in [0.29, 0.717) is 39.0 Å². The van der Waals surface area contributed by atoms with Gasteiger partial charge in [0, 0.05) is 25.5 Å². The van der Waals surface area contributed by atoms with Gasteiger partial charge in [-0.2, -0.15) is 10.5 Å². The number of nitriles is 2. The van der Waals surface area contributed by atoms with Crippen molar-refractivity contribution in [1.82, 2.24) is 24.0 Å². The van der Waals surface area contributed by atoms with Crippen LogP contribution in [-0.2, 0) is 13.1 Å². The standard InChI is InChI=1S/C17H19N7O4/c1-22(4-2-6-23-10-12(8-18)14(25)20-16(23)27)5-3-7-24-11-13(9-19)15(26)21-17(24)28/h10-11H,2-7H2,1H3,(H,20,25,27)(H,21,26,28). The van der Waals surface area contributed by atoms with Gasteiger partial charge in [0.1, 0.15) is 23.3 Å². The molecule has 0 aliphatic carbocycles. The first-order valence-corrected chi connectivity index (χ1v) is 8.52. The molecule has 0 fully saturated rings. The Kier molecular flexibility index (Phi) is 6.84. The molecule has 2 aromatic rings. The van der Waals surface area contributed by atoms with Crippen molar-refractivity contribution in [2.24, 2.45) is 0 Å². The Hall–Kier alpha value is -3.70. The van der Waals surface area contributed by atoms with E-state index in [4.69, 9.17) is 10.5 Å². The smallest absolute Gasteiger partial charge is 0.306 e. The Labute approximate surface area is 158 Å². The minimum Gasteiger partial charge on any atom is -0.306 e. The van der Waals surface area contributed by atoms with E-state index in [1.165, 1.54) is 21.5 Å². The zero-order valence-electron chi connectivity index (χ0n) is 15.3. The lowest BCUT2D eigenvalue weighted by molar-refractivity contribution is 0.308. The summed E-state index contributed by atoms with van der Waals surface area (Å²) in [4.78, 5) is 52.4. The second-order valence-electron chi connectivity index (χ2n) is 6.22. The van der Waals surface area contributed by atoms with Crippen LogP contribution < -0.4 is 22.5 Å². The molecule has 2 rings (SSSR count). The highest BCUT2D eigenvalue weighted by Gasteiger charge is 2.06. The Morgan fingerprint density at radius 1 is 0.857 bits per heavy atom. The van der Waals surface area contributed by atoms with Crippen molar-refractivity contribution < 1.29 is 0 Å². The number of hydrogen-bond acceptors (Lipinski definition) is 7. The lowest BCUT2D eigenvalue weighted by Gasteiger charge is -2.17. The van der Waals surface area contributed by atoms with Crippen LogP contribution in [-0.4, -0.2) is 44.1 Å². The topological polar surface area (TPSA) is 161 Å². The molecule has 0 bridgehead atoms. The molecule has 0 amide bonds. The normalized spacial score (nSPS) is 10.6. The van der Waals surface area contributed by atoms with Gasteiger partial charge in [0.05, 0.1) is 0 Å². The van der Waals surface area contributed by atoms with E-state index < -0.39 is 22.5 Å². The van der Waals surface area contributed by atoms with Gasteiger partial charge in [-0.1, -0.05) is 0 Å². The van der Waals surface area contributed by atoms with Gasteiger partial charge in [0.25, 0.3) is 11.1 Å². The summed E-state index contributed by atoms with van der Waals surface area (Å²) in [6.07, 6.45) is 3.72. The van der Waals surface area contributed by atoms with Crippen LogP contribution in [0.15, 0.2) is 31.6 Å². The second kappa shape index (κ2) is 9.30. The summed E-state index contributed by atoms with van der Waals surface area (Å²) in [5.41, 5.74) is -2.74. The zero-order valence-corrected chi connectivity index (χ0v) is 15.3. The second-order valence-corrected chi connectivity index (χ2v) is 6.22. The zero-order chi connectivity index (χ0) is 20.7. The summed E-state index contributed by atoms with van der Waals surface area (Å²) < 4.78 is 2.58. The minimum atomic E-state index is -0.696. The van der Waals surface area contributed by atoms with Gasteiger partial charge in [0.2, 0.25) is 0 Å². The number of nitrogens with one attached hydrogen (secondary N) is 2. The van der Waals surface area contributed by atoms with Gasteiger partial charge in [-0.05, 0) is 33.0 Å². The molecule has 28 heavy (non-hydrogen) atoms. The van der Waals surface area contributed by atoms with Gasteiger partial charge in [-0.3, -0.25) is 28.7 Å². The van der Waals surface area contributed by atoms with Crippen LogP contribution in [0.1, 0.15) is 24.0 Å². The van der Waals surface area contributed by atoms with E-state index in [1.807, 2.05) is 11.9 Å². The fraction of sp³-hybridized carbons (Fsp3) is 0.412. The quantitative estimate of drug-likeness (QED) is 0.561. The molecule has 0 spiro atoms. The fourth-order valence-corrected chi connectivity index (χ4v) is 2.64. The summed E-state index contributed by atoms with van der Waals surface area (Å²) in [6.45, 7) is 1.99. The molecule has 2 heterocycles. The molecular formula is C17H19N7O4. The molecule has 11 nitrogen and oxygen atoms in total. The molecule has 0 aromatic carbocycles. The Balaban J connectivity index is 1.84. The molecule has 0 saturated carbocycles. The van der Waals surface area contributed by atoms with Crippen LogP contribution >= 0.6 is 0 Å². The van der Waals surface area contributed by atoms with Crippen molar-refractivity contribution in [1.29, 1.82) is 10.5 Å². The lowest BCUT2D eigenvalue weighted by atomic mass is 10.3. The maximum absolute atomic E-state index is 11.7. The maximum Gasteiger partial charge on any atom is 0.328 e. The average molecular weight is 385 g/mol. The molecule has 0 aliphatic rings. The van der Waals surface area contributed by atoms with Crippen LogP contribution in [0.5, 0.6) is 0 Å². The van der Waals surface area contributed by atoms with Crippen molar-refractivity contribution in [3.8, 4) is 12.1 Å². The van der Waals surface area contributed by atoms with E-state index in [-0.39, 0.29) is 11.1 Å². The van der Waals surface area contributed by atoms with E-state index in [9.17, 15) is 19.2 Å². The number of nitrogens with zero attached hydrogens (tertiary/aromatic N) is 5. The van der Waals surface area contributed by atoms with Crippen LogP contribution in [0.3, 0.4) is 0 Å². The maximum atomic E-state index is 11.7. The number of aryl methyl sites for hydroxylation is 2. The molecular weight excluding hydrogens is 366 g/mol. The van der Waals surface area contributed by atoms with Crippen LogP contribution in [0.2, 0.25) is 0 Å². The molecule has 2 N–H and O–H groups in total. The molecule has 2 aromatic heterocycles. The molecule has 0 saturated heterocycles. The highest BCUT2D eigenvalue weighted by Crippen LogP contribution is 1.96. The third kappa shape index (κ3) is 5.16. The first-order chi connectivity index (χ1) is 13.3. The first-order valence-electron chi connectivity index (χ1n) is 8.52. The summed E-state index contributed by atoms with van der Waals surface area (Å²) in [6, 6.07) is 3.48. The van der Waals surface area contributed by atoms with Gasteiger partial charge in [-0.25, -0.2) is 9.59 Å². The average Bonchev–Trinajstić information content (AvgIpc) is 2.65. The van der Waals surface area contributed by atoms with Crippen LogP contribution in [0, 0.1) is 22.7 Å². The van der Waals surface area contributed by atoms with Crippen molar-refractivity contribution in [2.45, 2.75) is 25.9 Å². The number of H-pyrrole nitrogens is 2. The van der Waals surface area contributed by atoms with Crippen molar-refractivity contribution >= 4 is 0 Å². The lowest BCUT2D eigenvalue weighted by Crippen LogP contribution is -2.33. The van der Waals surface area contributed by atoms with Crippen molar-refractivity contribution in [3.63, 3.8) is 0 Å². The van der Waals surface area contributed by atoms with Gasteiger partial charge in [0.15, 0.2) is 0 Å². The number of hydrogen-bond donors (Lipinski definition) is 2. The monoisotopic (exact) mass is 385 g/mol. The molecule has 0 aliphatic heterocycles. The predicted octanol–water partition coefficient (Wildman–Crippen LogP) is -1.46. The highest BCUT2D eigenvalue weighted by atomic mass is 16.2. The number of aromatic nitrogens is 4. The summed E-state index contributed by atoms with van der Waals surface area (Å²) in [7, 11) is 1.88. The number of aromatic amines is 2. The molecule has 0 radical (unpaired) electrons. The summed E-state index contributed by atoms with van der Waals surface area (Å²) in [5, 5.41) is 17.7. The molecule has 146 valence electrons. The number of rotatable bonds is 8. The van der Waals surface area contributed by atoms with E-state index >= 15 is 0 Å². The minimum absolute atomic E-state index is 0.115. The molecule has 0 unspecified atom stereocenters. The van der Waals surface area contributed by atoms with E-state index in [2.05, 4.69) is 9.97 Å². The highest BCUT2D eigenvalue weighted by molar-refractivity contribution is 5.22. The molecule has 0 atom stereocenters. The fourth-order valence-electron chi connectivity index (χ4n) is 2.64. The summed E-state index contributed by atoms with van der Waals surface area (Å²) >= 11 is 0. The van der Waals surface area contributed by atoms with Crippen molar-refractivity contribution in [3.05, 3.63) is 65.2 Å². The Morgan fingerprint density at radius 3 is 1.61 bits per heavy atom. The van der Waals surface area contributed by atoms with Gasteiger partial charge < -0.3 is 4.90 Å². The Bertz CT molecular complexity index is 1060. The Morgan fingerprint density at radius 2 is 1.25 bits per heavy atom. The van der Waals surface area contributed by atoms with E-state index in [1.54, 1.807) is 12.1 Å². The molecule has 11 heteroatoms. The van der Waals surface area contributed by atoms with E-state index in [0.717, 1.165) is 0 Å². The predicted molar refractivity (Wildman–Crippen MR) is 98.8 cm³/mol. The third-order valence-electron chi connectivity index (χ3n) is 4.14. The van der Waals surface area contributed by atoms with Gasteiger partial charge >= 0.3 is 11.4 Å². The first kappa shape index (κ1) is 20.6. The van der Waals surface area contributed by atoms with Crippen LogP contribution in [0.25, 0.3) is 0 Å². The third-order valence-corrected chi connectivity index (χ3v) is 4.14. The van der Waals surface area contributed by atoms with Crippen LogP contribution in [0.4, 0.5) is 0 Å². The largest absolute Gasteiger partial charge is 0.328 e. The van der Waals surface area contributed by atoms with Gasteiger partial charge in [-0.15, -0.1) is 0 Å². The summed E-state index contributed by atoms with van der Waals surface area (Å²) in [5.74, 6) is 0. The SMILES string of the molecule is CN(CCCn1cc(C#N)c(=O)[nH]c1=O)CCCn1cc(C#N)c(=O)[nH]c1=O.